The SMILES string of the molecule is CCN1CCCC1CNC(=O)c1ccnc(N)c1. The molecule has 1 fully saturated rings. The predicted octanol–water partition coefficient (Wildman–Crippen LogP) is 0.878. The normalized spacial score (nSPS) is 19.9. The summed E-state index contributed by atoms with van der Waals surface area (Å²) < 4.78 is 0. The number of amides is 1. The van der Waals surface area contributed by atoms with Crippen LogP contribution in [-0.2, 0) is 0 Å². The molecule has 2 rings (SSSR count). The average Bonchev–Trinajstić information content (AvgIpc) is 2.83. The van der Waals surface area contributed by atoms with Crippen LogP contribution in [0.3, 0.4) is 0 Å². The highest BCUT2D eigenvalue weighted by Crippen LogP contribution is 2.15. The van der Waals surface area contributed by atoms with E-state index in [0.29, 0.717) is 24.0 Å². The van der Waals surface area contributed by atoms with Crippen molar-refractivity contribution in [3.63, 3.8) is 0 Å². The molecular weight excluding hydrogens is 228 g/mol. The number of likely N-dealkylation sites (N-methyl/N-ethyl adjacent to an activating group) is 1. The minimum Gasteiger partial charge on any atom is -0.384 e. The van der Waals surface area contributed by atoms with Gasteiger partial charge in [-0.05, 0) is 38.1 Å². The molecule has 1 saturated heterocycles. The van der Waals surface area contributed by atoms with Gasteiger partial charge in [0.1, 0.15) is 5.82 Å². The van der Waals surface area contributed by atoms with Crippen LogP contribution in [-0.4, -0.2) is 41.5 Å². The first-order chi connectivity index (χ1) is 8.70. The van der Waals surface area contributed by atoms with Crippen LogP contribution in [0.5, 0.6) is 0 Å². The summed E-state index contributed by atoms with van der Waals surface area (Å²) in [6.07, 6.45) is 3.93. The largest absolute Gasteiger partial charge is 0.384 e. The first-order valence-electron chi connectivity index (χ1n) is 6.44. The van der Waals surface area contributed by atoms with E-state index in [0.717, 1.165) is 19.5 Å². The zero-order valence-corrected chi connectivity index (χ0v) is 10.7. The van der Waals surface area contributed by atoms with Crippen molar-refractivity contribution >= 4 is 11.7 Å². The molecular formula is C13H20N4O. The molecule has 0 spiro atoms. The molecule has 5 nitrogen and oxygen atoms in total. The monoisotopic (exact) mass is 248 g/mol. The van der Waals surface area contributed by atoms with Crippen molar-refractivity contribution in [2.24, 2.45) is 0 Å². The summed E-state index contributed by atoms with van der Waals surface area (Å²) in [4.78, 5) is 18.2. The first-order valence-corrected chi connectivity index (χ1v) is 6.44. The van der Waals surface area contributed by atoms with E-state index in [1.165, 1.54) is 6.42 Å². The van der Waals surface area contributed by atoms with Crippen LogP contribution in [0.25, 0.3) is 0 Å². The Hall–Kier alpha value is -1.62. The molecule has 0 aromatic carbocycles. The number of carbonyl (C=O) groups is 1. The van der Waals surface area contributed by atoms with Crippen molar-refractivity contribution in [1.29, 1.82) is 0 Å². The average molecular weight is 248 g/mol. The second-order valence-electron chi connectivity index (χ2n) is 4.60. The van der Waals surface area contributed by atoms with E-state index in [4.69, 9.17) is 5.73 Å². The number of anilines is 1. The Bertz CT molecular complexity index is 421. The Morgan fingerprint density at radius 3 is 3.22 bits per heavy atom. The Morgan fingerprint density at radius 1 is 1.67 bits per heavy atom. The molecule has 1 unspecified atom stereocenters. The predicted molar refractivity (Wildman–Crippen MR) is 71.3 cm³/mol. The van der Waals surface area contributed by atoms with Crippen molar-refractivity contribution in [2.75, 3.05) is 25.4 Å². The van der Waals surface area contributed by atoms with Crippen molar-refractivity contribution < 1.29 is 4.79 Å². The van der Waals surface area contributed by atoms with Gasteiger partial charge in [0.2, 0.25) is 0 Å². The van der Waals surface area contributed by atoms with Crippen LogP contribution in [0.1, 0.15) is 30.1 Å². The van der Waals surface area contributed by atoms with Crippen LogP contribution in [0.15, 0.2) is 18.3 Å². The van der Waals surface area contributed by atoms with Gasteiger partial charge in [0, 0.05) is 24.3 Å². The lowest BCUT2D eigenvalue weighted by atomic mass is 10.2. The lowest BCUT2D eigenvalue weighted by Gasteiger charge is -2.22. The minimum atomic E-state index is -0.0768. The second kappa shape index (κ2) is 5.82. The van der Waals surface area contributed by atoms with Gasteiger partial charge < -0.3 is 11.1 Å². The Morgan fingerprint density at radius 2 is 2.50 bits per heavy atom. The number of pyridine rings is 1. The van der Waals surface area contributed by atoms with Gasteiger partial charge in [-0.1, -0.05) is 6.92 Å². The van der Waals surface area contributed by atoms with E-state index < -0.39 is 0 Å². The van der Waals surface area contributed by atoms with Crippen molar-refractivity contribution in [1.82, 2.24) is 15.2 Å². The van der Waals surface area contributed by atoms with E-state index in [9.17, 15) is 4.79 Å². The Labute approximate surface area is 107 Å². The first kappa shape index (κ1) is 12.8. The molecule has 1 atom stereocenters. The molecule has 1 aliphatic heterocycles. The highest BCUT2D eigenvalue weighted by molar-refractivity contribution is 5.94. The maximum Gasteiger partial charge on any atom is 0.251 e. The third-order valence-corrected chi connectivity index (χ3v) is 3.45. The van der Waals surface area contributed by atoms with E-state index in [1.54, 1.807) is 18.3 Å². The van der Waals surface area contributed by atoms with E-state index in [2.05, 4.69) is 22.1 Å². The molecule has 0 bridgehead atoms. The molecule has 1 aromatic rings. The number of hydrogen-bond donors (Lipinski definition) is 2. The smallest absolute Gasteiger partial charge is 0.251 e. The van der Waals surface area contributed by atoms with Crippen LogP contribution in [0, 0.1) is 0 Å². The quantitative estimate of drug-likeness (QED) is 0.829. The Balaban J connectivity index is 1.88. The number of rotatable bonds is 4. The number of nitrogen functional groups attached to an aromatic ring is 1. The van der Waals surface area contributed by atoms with Crippen molar-refractivity contribution in [3.8, 4) is 0 Å². The third-order valence-electron chi connectivity index (χ3n) is 3.45. The van der Waals surface area contributed by atoms with E-state index in [-0.39, 0.29) is 5.91 Å². The fourth-order valence-electron chi connectivity index (χ4n) is 2.44. The van der Waals surface area contributed by atoms with Gasteiger partial charge in [0.05, 0.1) is 0 Å². The fourth-order valence-corrected chi connectivity index (χ4v) is 2.44. The van der Waals surface area contributed by atoms with E-state index >= 15 is 0 Å². The van der Waals surface area contributed by atoms with Gasteiger partial charge >= 0.3 is 0 Å². The number of hydrogen-bond acceptors (Lipinski definition) is 4. The van der Waals surface area contributed by atoms with Crippen LogP contribution in [0.4, 0.5) is 5.82 Å². The number of carbonyl (C=O) groups excluding carboxylic acids is 1. The molecule has 18 heavy (non-hydrogen) atoms. The van der Waals surface area contributed by atoms with Crippen molar-refractivity contribution in [3.05, 3.63) is 23.9 Å². The molecule has 1 aromatic heterocycles. The van der Waals surface area contributed by atoms with Crippen molar-refractivity contribution in [2.45, 2.75) is 25.8 Å². The van der Waals surface area contributed by atoms with Crippen LogP contribution >= 0.6 is 0 Å². The molecule has 0 radical (unpaired) electrons. The lowest BCUT2D eigenvalue weighted by molar-refractivity contribution is 0.0941. The third kappa shape index (κ3) is 2.98. The van der Waals surface area contributed by atoms with Crippen LogP contribution < -0.4 is 11.1 Å². The summed E-state index contributed by atoms with van der Waals surface area (Å²) in [6, 6.07) is 3.75. The minimum absolute atomic E-state index is 0.0768. The maximum absolute atomic E-state index is 11.9. The van der Waals surface area contributed by atoms with Gasteiger partial charge in [0.15, 0.2) is 0 Å². The molecule has 0 aliphatic carbocycles. The Kier molecular flexibility index (Phi) is 4.15. The number of aromatic nitrogens is 1. The second-order valence-corrected chi connectivity index (χ2v) is 4.60. The van der Waals surface area contributed by atoms with Crippen LogP contribution in [0.2, 0.25) is 0 Å². The van der Waals surface area contributed by atoms with Gasteiger partial charge in [-0.25, -0.2) is 4.98 Å². The van der Waals surface area contributed by atoms with Gasteiger partial charge in [-0.2, -0.15) is 0 Å². The standard InChI is InChI=1S/C13H20N4O/c1-2-17-7-3-4-11(17)9-16-13(18)10-5-6-15-12(14)8-10/h5-6,8,11H,2-4,7,9H2,1H3,(H2,14,15)(H,16,18). The summed E-state index contributed by atoms with van der Waals surface area (Å²) in [7, 11) is 0. The topological polar surface area (TPSA) is 71.2 Å². The molecule has 5 heteroatoms. The zero-order valence-electron chi connectivity index (χ0n) is 10.7. The molecule has 0 saturated carbocycles. The molecule has 1 amide bonds. The number of likely N-dealkylation sites (tertiary alicyclic amines) is 1. The summed E-state index contributed by atoms with van der Waals surface area (Å²) in [5.41, 5.74) is 6.13. The maximum atomic E-state index is 11.9. The summed E-state index contributed by atoms with van der Waals surface area (Å²) in [5.74, 6) is 0.297. The molecule has 2 heterocycles. The summed E-state index contributed by atoms with van der Waals surface area (Å²) >= 11 is 0. The fraction of sp³-hybridized carbons (Fsp3) is 0.538. The molecule has 98 valence electrons. The highest BCUT2D eigenvalue weighted by atomic mass is 16.1. The summed E-state index contributed by atoms with van der Waals surface area (Å²) in [5, 5.41) is 2.97. The zero-order chi connectivity index (χ0) is 13.0. The lowest BCUT2D eigenvalue weighted by Crippen LogP contribution is -2.40. The van der Waals surface area contributed by atoms with Gasteiger partial charge in [-0.3, -0.25) is 9.69 Å². The number of nitrogens with one attached hydrogen (secondary N) is 1. The van der Waals surface area contributed by atoms with E-state index in [1.807, 2.05) is 0 Å². The number of nitrogens with zero attached hydrogens (tertiary/aromatic N) is 2. The molecule has 3 N–H and O–H groups in total. The van der Waals surface area contributed by atoms with Gasteiger partial charge in [-0.15, -0.1) is 0 Å². The van der Waals surface area contributed by atoms with Gasteiger partial charge in [0.25, 0.3) is 5.91 Å². The molecule has 1 aliphatic rings. The number of nitrogens with two attached hydrogens (primary N) is 1. The highest BCUT2D eigenvalue weighted by Gasteiger charge is 2.23. The summed E-state index contributed by atoms with van der Waals surface area (Å²) in [6.45, 7) is 5.04.